The molecule has 2 N–H and O–H groups in total. The van der Waals surface area contributed by atoms with Gasteiger partial charge in [-0.2, -0.15) is 5.10 Å². The van der Waals surface area contributed by atoms with Crippen LogP contribution in [0.2, 0.25) is 10.0 Å². The van der Waals surface area contributed by atoms with Crippen LogP contribution >= 0.6 is 23.2 Å². The van der Waals surface area contributed by atoms with Crippen LogP contribution in [0.25, 0.3) is 10.9 Å². The van der Waals surface area contributed by atoms with Crippen LogP contribution in [0.15, 0.2) is 78.0 Å². The van der Waals surface area contributed by atoms with Crippen LogP contribution in [0.3, 0.4) is 0 Å². The summed E-state index contributed by atoms with van der Waals surface area (Å²) in [5.41, 5.74) is 6.93. The molecule has 0 fully saturated rings. The Kier molecular flexibility index (Phi) is 8.31. The molecular weight excluding hydrogens is 507 g/mol. The van der Waals surface area contributed by atoms with E-state index in [-0.39, 0.29) is 17.7 Å². The van der Waals surface area contributed by atoms with Gasteiger partial charge in [0, 0.05) is 44.8 Å². The van der Waals surface area contributed by atoms with Crippen molar-refractivity contribution < 1.29 is 9.59 Å². The Labute approximate surface area is 226 Å². The van der Waals surface area contributed by atoms with E-state index in [1.807, 2.05) is 75.5 Å². The first-order valence-corrected chi connectivity index (χ1v) is 12.7. The SMILES string of the molecule is Cc1ccc(C(=O)NC(C(=O)N/N=C\c2cn(Cc3ccc(Cl)cc3Cl)c3ccccc23)C(C)C)cc1. The van der Waals surface area contributed by atoms with Gasteiger partial charge < -0.3 is 9.88 Å². The fraction of sp³-hybridized carbons (Fsp3) is 0.207. The number of carbonyl (C=O) groups excluding carboxylic acids is 2. The number of rotatable bonds is 8. The highest BCUT2D eigenvalue weighted by molar-refractivity contribution is 6.35. The van der Waals surface area contributed by atoms with E-state index in [2.05, 4.69) is 20.4 Å². The molecule has 0 spiro atoms. The van der Waals surface area contributed by atoms with Crippen molar-refractivity contribution in [1.82, 2.24) is 15.3 Å². The van der Waals surface area contributed by atoms with Crippen molar-refractivity contribution in [2.45, 2.75) is 33.4 Å². The average Bonchev–Trinajstić information content (AvgIpc) is 3.21. The second-order valence-electron chi connectivity index (χ2n) is 9.26. The van der Waals surface area contributed by atoms with Gasteiger partial charge in [-0.3, -0.25) is 9.59 Å². The molecule has 0 aliphatic carbocycles. The molecule has 1 atom stereocenters. The molecule has 1 aromatic heterocycles. The van der Waals surface area contributed by atoms with E-state index in [1.54, 1.807) is 24.4 Å². The Hall–Kier alpha value is -3.61. The van der Waals surface area contributed by atoms with E-state index in [0.717, 1.165) is 27.6 Å². The van der Waals surface area contributed by atoms with Crippen molar-refractivity contribution in [2.75, 3.05) is 0 Å². The van der Waals surface area contributed by atoms with Gasteiger partial charge in [0.1, 0.15) is 6.04 Å². The lowest BCUT2D eigenvalue weighted by Gasteiger charge is -2.20. The summed E-state index contributed by atoms with van der Waals surface area (Å²) < 4.78 is 2.08. The second-order valence-corrected chi connectivity index (χ2v) is 10.1. The smallest absolute Gasteiger partial charge is 0.262 e. The first-order chi connectivity index (χ1) is 17.7. The Morgan fingerprint density at radius 3 is 2.46 bits per heavy atom. The molecule has 8 heteroatoms. The number of aryl methyl sites for hydroxylation is 1. The maximum Gasteiger partial charge on any atom is 0.262 e. The molecule has 0 saturated carbocycles. The predicted octanol–water partition coefficient (Wildman–Crippen LogP) is 6.21. The van der Waals surface area contributed by atoms with Crippen molar-refractivity contribution in [3.05, 3.63) is 105 Å². The summed E-state index contributed by atoms with van der Waals surface area (Å²) in [4.78, 5) is 25.6. The van der Waals surface area contributed by atoms with Crippen LogP contribution in [0.1, 0.15) is 40.9 Å². The number of hydrogen-bond acceptors (Lipinski definition) is 3. The van der Waals surface area contributed by atoms with Crippen molar-refractivity contribution in [2.24, 2.45) is 11.0 Å². The minimum Gasteiger partial charge on any atom is -0.342 e. The monoisotopic (exact) mass is 534 g/mol. The number of amides is 2. The largest absolute Gasteiger partial charge is 0.342 e. The third-order valence-electron chi connectivity index (χ3n) is 6.10. The highest BCUT2D eigenvalue weighted by atomic mass is 35.5. The van der Waals surface area contributed by atoms with E-state index in [0.29, 0.717) is 22.2 Å². The molecule has 4 aromatic rings. The third kappa shape index (κ3) is 6.40. The predicted molar refractivity (Wildman–Crippen MR) is 151 cm³/mol. The standard InChI is InChI=1S/C29H28Cl2N4O2/c1-18(2)27(33-28(36)20-10-8-19(3)9-11-20)29(37)34-32-15-22-17-35(26-7-5-4-6-24(22)26)16-21-12-13-23(30)14-25(21)31/h4-15,17-18,27H,16H2,1-3H3,(H,33,36)(H,34,37)/b32-15-. The number of nitrogens with one attached hydrogen (secondary N) is 2. The van der Waals surface area contributed by atoms with Crippen LogP contribution in [0.4, 0.5) is 0 Å². The Bertz CT molecular complexity index is 1460. The Morgan fingerprint density at radius 1 is 1.03 bits per heavy atom. The fourth-order valence-electron chi connectivity index (χ4n) is 4.04. The summed E-state index contributed by atoms with van der Waals surface area (Å²) in [5.74, 6) is -0.819. The van der Waals surface area contributed by atoms with E-state index in [4.69, 9.17) is 23.2 Å². The van der Waals surface area contributed by atoms with E-state index < -0.39 is 6.04 Å². The molecule has 0 aliphatic rings. The van der Waals surface area contributed by atoms with Crippen molar-refractivity contribution in [3.63, 3.8) is 0 Å². The maximum absolute atomic E-state index is 12.9. The molecular formula is C29H28Cl2N4O2. The summed E-state index contributed by atoms with van der Waals surface area (Å²) in [6, 6.07) is 19.9. The Morgan fingerprint density at radius 2 is 1.76 bits per heavy atom. The van der Waals surface area contributed by atoms with Gasteiger partial charge in [0.15, 0.2) is 0 Å². The number of aromatic nitrogens is 1. The van der Waals surface area contributed by atoms with Crippen LogP contribution in [-0.2, 0) is 11.3 Å². The zero-order valence-corrected chi connectivity index (χ0v) is 22.3. The van der Waals surface area contributed by atoms with Crippen molar-refractivity contribution in [3.8, 4) is 0 Å². The average molecular weight is 535 g/mol. The lowest BCUT2D eigenvalue weighted by Crippen LogP contribution is -2.48. The number of para-hydroxylation sites is 1. The molecule has 190 valence electrons. The minimum absolute atomic E-state index is 0.129. The van der Waals surface area contributed by atoms with Crippen LogP contribution in [0.5, 0.6) is 0 Å². The highest BCUT2D eigenvalue weighted by Crippen LogP contribution is 2.25. The summed E-state index contributed by atoms with van der Waals surface area (Å²) in [6.45, 7) is 6.25. The van der Waals surface area contributed by atoms with Crippen molar-refractivity contribution in [1.29, 1.82) is 0 Å². The van der Waals surface area contributed by atoms with Gasteiger partial charge >= 0.3 is 0 Å². The summed E-state index contributed by atoms with van der Waals surface area (Å²) in [7, 11) is 0. The Balaban J connectivity index is 1.49. The van der Waals surface area contributed by atoms with Crippen LogP contribution < -0.4 is 10.7 Å². The highest BCUT2D eigenvalue weighted by Gasteiger charge is 2.24. The number of halogens is 2. The second kappa shape index (κ2) is 11.6. The van der Waals surface area contributed by atoms with Crippen LogP contribution in [0, 0.1) is 12.8 Å². The molecule has 0 saturated heterocycles. The summed E-state index contributed by atoms with van der Waals surface area (Å²) >= 11 is 12.4. The number of carbonyl (C=O) groups is 2. The van der Waals surface area contributed by atoms with E-state index in [9.17, 15) is 9.59 Å². The fourth-order valence-corrected chi connectivity index (χ4v) is 4.51. The van der Waals surface area contributed by atoms with Gasteiger partial charge in [0.05, 0.1) is 6.21 Å². The molecule has 0 bridgehead atoms. The zero-order valence-electron chi connectivity index (χ0n) is 20.8. The summed E-state index contributed by atoms with van der Waals surface area (Å²) in [5, 5.41) is 9.19. The first kappa shape index (κ1) is 26.5. The normalized spacial score (nSPS) is 12.3. The van der Waals surface area contributed by atoms with Crippen LogP contribution in [-0.4, -0.2) is 28.6 Å². The van der Waals surface area contributed by atoms with E-state index >= 15 is 0 Å². The molecule has 0 aliphatic heterocycles. The molecule has 1 heterocycles. The maximum atomic E-state index is 12.9. The minimum atomic E-state index is -0.737. The number of hydrazone groups is 1. The number of fused-ring (bicyclic) bond motifs is 1. The molecule has 6 nitrogen and oxygen atoms in total. The lowest BCUT2D eigenvalue weighted by atomic mass is 10.0. The summed E-state index contributed by atoms with van der Waals surface area (Å²) in [6.07, 6.45) is 3.57. The molecule has 37 heavy (non-hydrogen) atoms. The molecule has 0 radical (unpaired) electrons. The van der Waals surface area contributed by atoms with Crippen molar-refractivity contribution >= 4 is 52.1 Å². The molecule has 4 rings (SSSR count). The first-order valence-electron chi connectivity index (χ1n) is 11.9. The quantitative estimate of drug-likeness (QED) is 0.208. The number of nitrogens with zero attached hydrogens (tertiary/aromatic N) is 2. The molecule has 2 amide bonds. The van der Waals surface area contributed by atoms with Gasteiger partial charge in [-0.1, -0.05) is 79.0 Å². The molecule has 3 aromatic carbocycles. The number of benzene rings is 3. The lowest BCUT2D eigenvalue weighted by molar-refractivity contribution is -0.123. The zero-order chi connectivity index (χ0) is 26.5. The van der Waals surface area contributed by atoms with E-state index in [1.165, 1.54) is 0 Å². The number of hydrogen-bond donors (Lipinski definition) is 2. The van der Waals surface area contributed by atoms with Gasteiger partial charge in [0.25, 0.3) is 11.8 Å². The van der Waals surface area contributed by atoms with Gasteiger partial charge in [-0.15, -0.1) is 0 Å². The third-order valence-corrected chi connectivity index (χ3v) is 6.69. The molecule has 1 unspecified atom stereocenters. The van der Waals surface area contributed by atoms with Gasteiger partial charge in [-0.05, 0) is 48.7 Å². The van der Waals surface area contributed by atoms with Gasteiger partial charge in [0.2, 0.25) is 0 Å². The topological polar surface area (TPSA) is 75.5 Å². The van der Waals surface area contributed by atoms with Gasteiger partial charge in [-0.25, -0.2) is 5.43 Å².